The molecule has 0 spiro atoms. The van der Waals surface area contributed by atoms with Crippen molar-refractivity contribution in [3.63, 3.8) is 0 Å². The van der Waals surface area contributed by atoms with Crippen molar-refractivity contribution >= 4 is 41.8 Å². The Kier molecular flexibility index (Phi) is 9.32. The van der Waals surface area contributed by atoms with Gasteiger partial charge in [-0.15, -0.1) is 24.8 Å². The molecule has 2 aromatic heterocycles. The van der Waals surface area contributed by atoms with E-state index in [1.54, 1.807) is 6.07 Å². The zero-order chi connectivity index (χ0) is 19.6. The van der Waals surface area contributed by atoms with Crippen LogP contribution < -0.4 is 21.9 Å². The third-order valence-electron chi connectivity index (χ3n) is 4.65. The highest BCUT2D eigenvalue weighted by atomic mass is 35.5. The maximum absolute atomic E-state index is 12.8. The molecule has 1 aliphatic rings. The molecule has 162 valence electrons. The molecule has 0 unspecified atom stereocenters. The van der Waals surface area contributed by atoms with Crippen molar-refractivity contribution < 1.29 is 4.79 Å². The third-order valence-corrected chi connectivity index (χ3v) is 4.65. The molecule has 29 heavy (non-hydrogen) atoms. The van der Waals surface area contributed by atoms with Gasteiger partial charge in [-0.1, -0.05) is 13.8 Å². The summed E-state index contributed by atoms with van der Waals surface area (Å²) in [7, 11) is 1.85. The Bertz CT molecular complexity index is 967. The second-order valence-electron chi connectivity index (χ2n) is 7.54. The minimum Gasteiger partial charge on any atom is -0.352 e. The van der Waals surface area contributed by atoms with Crippen LogP contribution in [0.15, 0.2) is 15.7 Å². The quantitative estimate of drug-likeness (QED) is 0.536. The third kappa shape index (κ3) is 5.81. The number of H-pyrrole nitrogens is 1. The number of hydrogen-bond donors (Lipinski definition) is 3. The van der Waals surface area contributed by atoms with Crippen LogP contribution in [0.25, 0.3) is 11.0 Å². The van der Waals surface area contributed by atoms with Crippen LogP contribution in [0.5, 0.6) is 0 Å². The monoisotopic (exact) mass is 445 g/mol. The first-order valence-electron chi connectivity index (χ1n) is 9.53. The van der Waals surface area contributed by atoms with Crippen LogP contribution in [0, 0.1) is 5.92 Å². The van der Waals surface area contributed by atoms with E-state index in [2.05, 4.69) is 20.6 Å². The Labute approximate surface area is 181 Å². The Morgan fingerprint density at radius 2 is 1.97 bits per heavy atom. The number of halogens is 2. The average molecular weight is 446 g/mol. The number of nitrogens with one attached hydrogen (secondary N) is 3. The summed E-state index contributed by atoms with van der Waals surface area (Å²) in [6, 6.07) is 1.72. The Morgan fingerprint density at radius 1 is 1.28 bits per heavy atom. The molecule has 0 atom stereocenters. The molecule has 0 bridgehead atoms. The smallest absolute Gasteiger partial charge is 0.330 e. The van der Waals surface area contributed by atoms with Crippen LogP contribution >= 0.6 is 24.8 Å². The van der Waals surface area contributed by atoms with E-state index < -0.39 is 11.2 Å². The maximum atomic E-state index is 12.8. The van der Waals surface area contributed by atoms with Crippen molar-refractivity contribution in [1.29, 1.82) is 0 Å². The molecule has 1 aliphatic carbocycles. The van der Waals surface area contributed by atoms with Gasteiger partial charge >= 0.3 is 5.69 Å². The lowest BCUT2D eigenvalue weighted by Gasteiger charge is -2.14. The molecule has 0 saturated heterocycles. The Hall–Kier alpha value is -1.90. The summed E-state index contributed by atoms with van der Waals surface area (Å²) < 4.78 is 1.48. The highest BCUT2D eigenvalue weighted by Crippen LogP contribution is 2.39. The van der Waals surface area contributed by atoms with Gasteiger partial charge in [0.25, 0.3) is 11.5 Å². The summed E-state index contributed by atoms with van der Waals surface area (Å²) >= 11 is 0. The molecule has 3 N–H and O–H groups in total. The second kappa shape index (κ2) is 10.8. The van der Waals surface area contributed by atoms with Gasteiger partial charge in [-0.2, -0.15) is 0 Å². The van der Waals surface area contributed by atoms with Gasteiger partial charge < -0.3 is 10.6 Å². The van der Waals surface area contributed by atoms with Crippen LogP contribution in [0.4, 0.5) is 0 Å². The summed E-state index contributed by atoms with van der Waals surface area (Å²) in [5, 5.41) is 6.08. The lowest BCUT2D eigenvalue weighted by molar-refractivity contribution is 0.0954. The lowest BCUT2D eigenvalue weighted by Crippen LogP contribution is -2.34. The van der Waals surface area contributed by atoms with Gasteiger partial charge in [0.05, 0.1) is 10.9 Å². The molecule has 0 aliphatic heterocycles. The molecule has 0 aromatic carbocycles. The van der Waals surface area contributed by atoms with Crippen molar-refractivity contribution in [3.8, 4) is 0 Å². The zero-order valence-corrected chi connectivity index (χ0v) is 18.5. The summed E-state index contributed by atoms with van der Waals surface area (Å²) in [5.74, 6) is 0.190. The van der Waals surface area contributed by atoms with Gasteiger partial charge in [0.1, 0.15) is 0 Å². The molecule has 2 heterocycles. The van der Waals surface area contributed by atoms with E-state index in [1.807, 2.05) is 20.9 Å². The van der Waals surface area contributed by atoms with Gasteiger partial charge in [0, 0.05) is 24.7 Å². The fourth-order valence-electron chi connectivity index (χ4n) is 3.16. The molecule has 1 amide bonds. The van der Waals surface area contributed by atoms with Crippen molar-refractivity contribution in [1.82, 2.24) is 25.2 Å². The molecule has 10 heteroatoms. The fourth-order valence-corrected chi connectivity index (χ4v) is 3.16. The highest BCUT2D eigenvalue weighted by Gasteiger charge is 2.28. The van der Waals surface area contributed by atoms with Gasteiger partial charge in [-0.3, -0.25) is 19.1 Å². The van der Waals surface area contributed by atoms with E-state index in [1.165, 1.54) is 4.57 Å². The van der Waals surface area contributed by atoms with Crippen LogP contribution in [0.1, 0.15) is 55.1 Å². The first kappa shape index (κ1) is 25.1. The average Bonchev–Trinajstić information content (AvgIpc) is 3.46. The minimum atomic E-state index is -0.565. The van der Waals surface area contributed by atoms with E-state index in [9.17, 15) is 14.4 Å². The number of nitrogens with zero attached hydrogens (tertiary/aromatic N) is 2. The predicted molar refractivity (Wildman–Crippen MR) is 119 cm³/mol. The number of pyridine rings is 1. The molecule has 1 saturated carbocycles. The largest absolute Gasteiger partial charge is 0.352 e. The SMILES string of the molecule is CNCCCNC(=O)c1cc(C2CC2)nc2c1c(=O)[nH]c(=O)n2CC(C)C.Cl.Cl. The highest BCUT2D eigenvalue weighted by molar-refractivity contribution is 6.05. The van der Waals surface area contributed by atoms with Gasteiger partial charge in [-0.25, -0.2) is 9.78 Å². The molecule has 0 radical (unpaired) electrons. The summed E-state index contributed by atoms with van der Waals surface area (Å²) in [4.78, 5) is 44.7. The van der Waals surface area contributed by atoms with Gasteiger partial charge in [-0.05, 0) is 44.8 Å². The van der Waals surface area contributed by atoms with Gasteiger partial charge in [0.2, 0.25) is 0 Å². The summed E-state index contributed by atoms with van der Waals surface area (Å²) in [6.45, 7) is 5.70. The van der Waals surface area contributed by atoms with Crippen molar-refractivity contribution in [2.24, 2.45) is 5.92 Å². The van der Waals surface area contributed by atoms with E-state index in [-0.39, 0.29) is 42.0 Å². The van der Waals surface area contributed by atoms with Crippen LogP contribution in [0.2, 0.25) is 0 Å². The number of carbonyl (C=O) groups is 1. The summed E-state index contributed by atoms with van der Waals surface area (Å²) in [6.07, 6.45) is 2.81. The number of hydrogen-bond acceptors (Lipinski definition) is 5. The second-order valence-corrected chi connectivity index (χ2v) is 7.54. The van der Waals surface area contributed by atoms with E-state index in [4.69, 9.17) is 0 Å². The summed E-state index contributed by atoms with van der Waals surface area (Å²) in [5.41, 5.74) is 0.338. The van der Waals surface area contributed by atoms with Crippen LogP contribution in [-0.2, 0) is 6.54 Å². The number of amides is 1. The first-order chi connectivity index (χ1) is 12.9. The topological polar surface area (TPSA) is 109 Å². The Balaban J connectivity index is 0.00000210. The molecular formula is C19H29Cl2N5O3. The maximum Gasteiger partial charge on any atom is 0.330 e. The fraction of sp³-hybridized carbons (Fsp3) is 0.579. The van der Waals surface area contributed by atoms with Gasteiger partial charge in [0.15, 0.2) is 5.65 Å². The predicted octanol–water partition coefficient (Wildman–Crippen LogP) is 1.80. The molecule has 3 rings (SSSR count). The zero-order valence-electron chi connectivity index (χ0n) is 16.9. The van der Waals surface area contributed by atoms with Crippen molar-refractivity contribution in [2.45, 2.75) is 45.6 Å². The number of carbonyl (C=O) groups excluding carboxylic acids is 1. The number of rotatable bonds is 8. The lowest BCUT2D eigenvalue weighted by atomic mass is 10.1. The number of fused-ring (bicyclic) bond motifs is 1. The van der Waals surface area contributed by atoms with E-state index in [0.717, 1.165) is 31.5 Å². The first-order valence-corrected chi connectivity index (χ1v) is 9.53. The molecule has 1 fully saturated rings. The van der Waals surface area contributed by atoms with E-state index in [0.29, 0.717) is 30.2 Å². The number of aromatic amines is 1. The van der Waals surface area contributed by atoms with Crippen molar-refractivity contribution in [3.05, 3.63) is 38.2 Å². The number of aromatic nitrogens is 3. The van der Waals surface area contributed by atoms with Crippen molar-refractivity contribution in [2.75, 3.05) is 20.1 Å². The molecular weight excluding hydrogens is 417 g/mol. The minimum absolute atomic E-state index is 0. The van der Waals surface area contributed by atoms with Crippen LogP contribution in [0.3, 0.4) is 0 Å². The van der Waals surface area contributed by atoms with Crippen LogP contribution in [-0.4, -0.2) is 40.6 Å². The molecule has 8 nitrogen and oxygen atoms in total. The van der Waals surface area contributed by atoms with E-state index >= 15 is 0 Å². The Morgan fingerprint density at radius 3 is 2.55 bits per heavy atom. The standard InChI is InChI=1S/C19H27N5O3.2ClH/c1-11(2)10-24-16-15(18(26)23-19(24)27)13(9-14(22-16)12-5-6-12)17(25)21-8-4-7-20-3;;/h9,11-12,20H,4-8,10H2,1-3H3,(H,21,25)(H,23,26,27);2*1H. The normalized spacial score (nSPS) is 13.1. The molecule has 2 aromatic rings.